The van der Waals surface area contributed by atoms with Crippen molar-refractivity contribution in [3.05, 3.63) is 54.1 Å². The fraction of sp³-hybridized carbons (Fsp3) is 0.235. The molecular weight excluding hydrogens is 262 g/mol. The lowest BCUT2D eigenvalue weighted by Gasteiger charge is -2.18. The van der Waals surface area contributed by atoms with Gasteiger partial charge in [-0.3, -0.25) is 0 Å². The Kier molecular flexibility index (Phi) is 3.77. The summed E-state index contributed by atoms with van der Waals surface area (Å²) in [6.07, 6.45) is 0. The third-order valence-electron chi connectivity index (χ3n) is 3.42. The van der Waals surface area contributed by atoms with Crippen LogP contribution in [-0.4, -0.2) is 23.6 Å². The third-order valence-corrected chi connectivity index (χ3v) is 3.42. The summed E-state index contributed by atoms with van der Waals surface area (Å²) in [5, 5.41) is 0. The molecule has 2 aromatic carbocycles. The second kappa shape index (κ2) is 5.87. The number of nitrogens with one attached hydrogen (secondary N) is 1. The van der Waals surface area contributed by atoms with E-state index < -0.39 is 0 Å². The molecule has 0 bridgehead atoms. The maximum Gasteiger partial charge on any atom is 0.203 e. The molecule has 1 aromatic heterocycles. The fourth-order valence-corrected chi connectivity index (χ4v) is 2.38. The standard InChI is InChI=1S/C17H19N3O/c1-3-21-16-11-7-4-8-13(16)12-20(2)17-18-14-9-5-6-10-15(14)19-17/h4-11H,3,12H2,1-2H3,(H,18,19). The lowest BCUT2D eigenvalue weighted by molar-refractivity contribution is 0.336. The van der Waals surface area contributed by atoms with Gasteiger partial charge in [0.2, 0.25) is 5.95 Å². The molecule has 1 N–H and O–H groups in total. The van der Waals surface area contributed by atoms with Gasteiger partial charge in [-0.15, -0.1) is 0 Å². The van der Waals surface area contributed by atoms with Crippen molar-refractivity contribution in [1.82, 2.24) is 9.97 Å². The van der Waals surface area contributed by atoms with E-state index in [0.717, 1.165) is 34.8 Å². The number of fused-ring (bicyclic) bond motifs is 1. The summed E-state index contributed by atoms with van der Waals surface area (Å²) >= 11 is 0. The highest BCUT2D eigenvalue weighted by Gasteiger charge is 2.10. The summed E-state index contributed by atoms with van der Waals surface area (Å²) in [7, 11) is 2.03. The monoisotopic (exact) mass is 281 g/mol. The van der Waals surface area contributed by atoms with Crippen LogP contribution in [-0.2, 0) is 6.54 Å². The van der Waals surface area contributed by atoms with Crippen LogP contribution in [0.2, 0.25) is 0 Å². The van der Waals surface area contributed by atoms with Gasteiger partial charge in [0.15, 0.2) is 0 Å². The third kappa shape index (κ3) is 2.84. The number of ether oxygens (including phenoxy) is 1. The average Bonchev–Trinajstić information content (AvgIpc) is 2.93. The number of aromatic amines is 1. The molecule has 0 amide bonds. The van der Waals surface area contributed by atoms with Crippen molar-refractivity contribution in [3.63, 3.8) is 0 Å². The van der Waals surface area contributed by atoms with E-state index in [4.69, 9.17) is 4.74 Å². The molecular formula is C17H19N3O. The van der Waals surface area contributed by atoms with E-state index in [-0.39, 0.29) is 0 Å². The van der Waals surface area contributed by atoms with Crippen LogP contribution in [0.4, 0.5) is 5.95 Å². The number of aromatic nitrogens is 2. The molecule has 21 heavy (non-hydrogen) atoms. The molecule has 3 rings (SSSR count). The zero-order valence-electron chi connectivity index (χ0n) is 12.3. The molecule has 3 aromatic rings. The molecule has 1 heterocycles. The van der Waals surface area contributed by atoms with Gasteiger partial charge in [0, 0.05) is 19.2 Å². The van der Waals surface area contributed by atoms with Crippen molar-refractivity contribution < 1.29 is 4.74 Å². The summed E-state index contributed by atoms with van der Waals surface area (Å²) in [4.78, 5) is 10.1. The second-order valence-corrected chi connectivity index (χ2v) is 4.97. The smallest absolute Gasteiger partial charge is 0.203 e. The Bertz CT molecular complexity index is 702. The molecule has 4 heteroatoms. The van der Waals surface area contributed by atoms with Gasteiger partial charge in [-0.05, 0) is 25.1 Å². The Balaban J connectivity index is 1.84. The van der Waals surface area contributed by atoms with E-state index in [9.17, 15) is 0 Å². The second-order valence-electron chi connectivity index (χ2n) is 4.97. The van der Waals surface area contributed by atoms with E-state index in [0.29, 0.717) is 6.61 Å². The fourth-order valence-electron chi connectivity index (χ4n) is 2.38. The van der Waals surface area contributed by atoms with Crippen molar-refractivity contribution >= 4 is 17.0 Å². The van der Waals surface area contributed by atoms with E-state index >= 15 is 0 Å². The number of anilines is 1. The van der Waals surface area contributed by atoms with Crippen molar-refractivity contribution in [2.75, 3.05) is 18.6 Å². The number of hydrogen-bond acceptors (Lipinski definition) is 3. The SMILES string of the molecule is CCOc1ccccc1CN(C)c1nc2ccccc2[nH]1. The Labute approximate surface area is 124 Å². The first kappa shape index (κ1) is 13.5. The lowest BCUT2D eigenvalue weighted by Crippen LogP contribution is -2.18. The van der Waals surface area contributed by atoms with Crippen molar-refractivity contribution in [3.8, 4) is 5.75 Å². The minimum Gasteiger partial charge on any atom is -0.494 e. The van der Waals surface area contributed by atoms with E-state index in [1.54, 1.807) is 0 Å². The zero-order chi connectivity index (χ0) is 14.7. The van der Waals surface area contributed by atoms with Crippen LogP contribution in [0.3, 0.4) is 0 Å². The topological polar surface area (TPSA) is 41.1 Å². The highest BCUT2D eigenvalue weighted by atomic mass is 16.5. The van der Waals surface area contributed by atoms with Crippen molar-refractivity contribution in [2.45, 2.75) is 13.5 Å². The Morgan fingerprint density at radius 2 is 1.86 bits per heavy atom. The molecule has 0 aliphatic carbocycles. The normalized spacial score (nSPS) is 10.8. The summed E-state index contributed by atoms with van der Waals surface area (Å²) in [5.41, 5.74) is 3.19. The van der Waals surface area contributed by atoms with Gasteiger partial charge < -0.3 is 14.6 Å². The Morgan fingerprint density at radius 3 is 2.67 bits per heavy atom. The molecule has 0 saturated carbocycles. The summed E-state index contributed by atoms with van der Waals surface area (Å²) in [6, 6.07) is 16.2. The van der Waals surface area contributed by atoms with Crippen LogP contribution in [0.5, 0.6) is 5.75 Å². The number of para-hydroxylation sites is 3. The van der Waals surface area contributed by atoms with Gasteiger partial charge in [0.05, 0.1) is 17.6 Å². The first-order valence-electron chi connectivity index (χ1n) is 7.14. The van der Waals surface area contributed by atoms with Crippen LogP contribution in [0.25, 0.3) is 11.0 Å². The molecule has 0 atom stereocenters. The van der Waals surface area contributed by atoms with Gasteiger partial charge in [-0.25, -0.2) is 4.98 Å². The van der Waals surface area contributed by atoms with E-state index in [2.05, 4.69) is 20.9 Å². The molecule has 0 aliphatic rings. The van der Waals surface area contributed by atoms with Crippen LogP contribution in [0, 0.1) is 0 Å². The zero-order valence-corrected chi connectivity index (χ0v) is 12.3. The number of imidazole rings is 1. The number of rotatable bonds is 5. The molecule has 0 radical (unpaired) electrons. The summed E-state index contributed by atoms with van der Waals surface area (Å²) < 4.78 is 5.68. The van der Waals surface area contributed by atoms with Gasteiger partial charge in [-0.2, -0.15) is 0 Å². The highest BCUT2D eigenvalue weighted by Crippen LogP contribution is 2.22. The van der Waals surface area contributed by atoms with Crippen LogP contribution in [0.1, 0.15) is 12.5 Å². The minimum atomic E-state index is 0.672. The molecule has 0 unspecified atom stereocenters. The minimum absolute atomic E-state index is 0.672. The molecule has 4 nitrogen and oxygen atoms in total. The first-order chi connectivity index (χ1) is 10.3. The average molecular weight is 281 g/mol. The van der Waals surface area contributed by atoms with Crippen LogP contribution >= 0.6 is 0 Å². The summed E-state index contributed by atoms with van der Waals surface area (Å²) in [6.45, 7) is 3.42. The predicted octanol–water partition coefficient (Wildman–Crippen LogP) is 3.60. The van der Waals surface area contributed by atoms with Gasteiger partial charge in [0.25, 0.3) is 0 Å². The number of benzene rings is 2. The molecule has 0 fully saturated rings. The number of nitrogens with zero attached hydrogens (tertiary/aromatic N) is 2. The maximum absolute atomic E-state index is 5.68. The quantitative estimate of drug-likeness (QED) is 0.777. The van der Waals surface area contributed by atoms with Crippen LogP contribution in [0.15, 0.2) is 48.5 Å². The van der Waals surface area contributed by atoms with Gasteiger partial charge in [0.1, 0.15) is 5.75 Å². The Hall–Kier alpha value is -2.49. The van der Waals surface area contributed by atoms with E-state index in [1.165, 1.54) is 0 Å². The molecule has 0 saturated heterocycles. The Morgan fingerprint density at radius 1 is 1.10 bits per heavy atom. The largest absolute Gasteiger partial charge is 0.494 e. The van der Waals surface area contributed by atoms with Crippen LogP contribution < -0.4 is 9.64 Å². The lowest BCUT2D eigenvalue weighted by atomic mass is 10.2. The maximum atomic E-state index is 5.68. The summed E-state index contributed by atoms with van der Waals surface area (Å²) in [5.74, 6) is 1.80. The predicted molar refractivity (Wildman–Crippen MR) is 85.8 cm³/mol. The number of hydrogen-bond donors (Lipinski definition) is 1. The molecule has 0 spiro atoms. The van der Waals surface area contributed by atoms with Gasteiger partial charge in [-0.1, -0.05) is 30.3 Å². The van der Waals surface area contributed by atoms with E-state index in [1.807, 2.05) is 56.4 Å². The van der Waals surface area contributed by atoms with Crippen molar-refractivity contribution in [1.29, 1.82) is 0 Å². The van der Waals surface area contributed by atoms with Crippen molar-refractivity contribution in [2.24, 2.45) is 0 Å². The first-order valence-corrected chi connectivity index (χ1v) is 7.14. The number of H-pyrrole nitrogens is 1. The highest BCUT2D eigenvalue weighted by molar-refractivity contribution is 5.77. The molecule has 108 valence electrons. The van der Waals surface area contributed by atoms with Gasteiger partial charge >= 0.3 is 0 Å². The molecule has 0 aliphatic heterocycles.